The first-order chi connectivity index (χ1) is 13.3. The van der Waals surface area contributed by atoms with Crippen molar-refractivity contribution in [2.45, 2.75) is 19.0 Å². The number of ether oxygens (including phenoxy) is 2. The molecular formula is C19H15BrF2N2O4. The zero-order valence-corrected chi connectivity index (χ0v) is 16.3. The van der Waals surface area contributed by atoms with E-state index < -0.39 is 29.1 Å². The van der Waals surface area contributed by atoms with Gasteiger partial charge in [-0.25, -0.2) is 13.6 Å². The number of hydrogen-bond acceptors (Lipinski definition) is 4. The van der Waals surface area contributed by atoms with Gasteiger partial charge in [0.2, 0.25) is 0 Å². The van der Waals surface area contributed by atoms with Crippen LogP contribution < -0.4 is 14.8 Å². The molecule has 6 nitrogen and oxygen atoms in total. The third-order valence-corrected chi connectivity index (χ3v) is 5.52. The molecule has 4 rings (SSSR count). The monoisotopic (exact) mass is 452 g/mol. The normalized spacial score (nSPS) is 21.1. The number of carbonyl (C=O) groups is 2. The lowest BCUT2D eigenvalue weighted by atomic mass is 9.91. The number of nitrogens with one attached hydrogen (secondary N) is 1. The number of fused-ring (bicyclic) bond motifs is 1. The topological polar surface area (TPSA) is 67.9 Å². The van der Waals surface area contributed by atoms with Gasteiger partial charge in [-0.1, -0.05) is 15.9 Å². The van der Waals surface area contributed by atoms with Crippen molar-refractivity contribution < 1.29 is 27.8 Å². The second-order valence-electron chi connectivity index (χ2n) is 6.66. The molecule has 0 saturated carbocycles. The van der Waals surface area contributed by atoms with Gasteiger partial charge in [0, 0.05) is 10.0 Å². The van der Waals surface area contributed by atoms with E-state index in [-0.39, 0.29) is 12.1 Å². The van der Waals surface area contributed by atoms with Gasteiger partial charge in [0.1, 0.15) is 30.4 Å². The minimum absolute atomic E-state index is 0.0750. The minimum Gasteiger partial charge on any atom is -0.486 e. The average molecular weight is 453 g/mol. The van der Waals surface area contributed by atoms with Crippen LogP contribution in [0.15, 0.2) is 34.8 Å². The summed E-state index contributed by atoms with van der Waals surface area (Å²) in [6, 6.07) is 5.48. The lowest BCUT2D eigenvalue weighted by Gasteiger charge is -2.23. The van der Waals surface area contributed by atoms with Gasteiger partial charge in [0.15, 0.2) is 11.5 Å². The van der Waals surface area contributed by atoms with Gasteiger partial charge in [-0.05, 0) is 42.8 Å². The van der Waals surface area contributed by atoms with Crippen molar-refractivity contribution in [3.63, 3.8) is 0 Å². The lowest BCUT2D eigenvalue weighted by molar-refractivity contribution is -0.131. The molecular weight excluding hydrogens is 438 g/mol. The summed E-state index contributed by atoms with van der Waals surface area (Å²) >= 11 is 3.40. The summed E-state index contributed by atoms with van der Waals surface area (Å²) in [5.41, 5.74) is -1.32. The van der Waals surface area contributed by atoms with Crippen molar-refractivity contribution in [2.75, 3.05) is 13.2 Å². The molecule has 0 radical (unpaired) electrons. The third-order valence-electron chi connectivity index (χ3n) is 4.78. The number of rotatable bonds is 3. The van der Waals surface area contributed by atoms with E-state index in [0.717, 1.165) is 23.1 Å². The second kappa shape index (κ2) is 6.73. The molecule has 1 atom stereocenters. The molecule has 0 bridgehead atoms. The van der Waals surface area contributed by atoms with Crippen LogP contribution in [0.4, 0.5) is 13.6 Å². The zero-order chi connectivity index (χ0) is 20.1. The molecule has 2 aliphatic rings. The molecule has 28 heavy (non-hydrogen) atoms. The molecule has 0 aliphatic carbocycles. The van der Waals surface area contributed by atoms with Gasteiger partial charge in [-0.2, -0.15) is 0 Å². The highest BCUT2D eigenvalue weighted by atomic mass is 79.9. The SMILES string of the molecule is CC1(c2cc(F)ccc2F)NC(=O)N(Cc2cc3c(cc2Br)OCCO3)C1=O. The van der Waals surface area contributed by atoms with Crippen LogP contribution in [0, 0.1) is 11.6 Å². The molecule has 146 valence electrons. The van der Waals surface area contributed by atoms with Crippen LogP contribution in [0.2, 0.25) is 0 Å². The van der Waals surface area contributed by atoms with Gasteiger partial charge < -0.3 is 14.8 Å². The quantitative estimate of drug-likeness (QED) is 0.724. The Balaban J connectivity index is 1.66. The first-order valence-corrected chi connectivity index (χ1v) is 9.26. The van der Waals surface area contributed by atoms with Crippen molar-refractivity contribution in [3.8, 4) is 11.5 Å². The van der Waals surface area contributed by atoms with Crippen LogP contribution in [0.25, 0.3) is 0 Å². The van der Waals surface area contributed by atoms with E-state index in [2.05, 4.69) is 21.2 Å². The molecule has 9 heteroatoms. The highest BCUT2D eigenvalue weighted by molar-refractivity contribution is 9.10. The molecule has 0 spiro atoms. The summed E-state index contributed by atoms with van der Waals surface area (Å²) < 4.78 is 39.5. The minimum atomic E-state index is -1.70. The van der Waals surface area contributed by atoms with E-state index in [4.69, 9.17) is 9.47 Å². The van der Waals surface area contributed by atoms with Gasteiger partial charge in [0.25, 0.3) is 5.91 Å². The molecule has 1 N–H and O–H groups in total. The van der Waals surface area contributed by atoms with Crippen LogP contribution in [-0.4, -0.2) is 30.1 Å². The lowest BCUT2D eigenvalue weighted by Crippen LogP contribution is -2.41. The zero-order valence-electron chi connectivity index (χ0n) is 14.7. The average Bonchev–Trinajstić information content (AvgIpc) is 2.88. The van der Waals surface area contributed by atoms with Crippen molar-refractivity contribution in [1.82, 2.24) is 10.2 Å². The van der Waals surface area contributed by atoms with E-state index in [0.29, 0.717) is 34.7 Å². The molecule has 2 aromatic rings. The first kappa shape index (κ1) is 18.7. The van der Waals surface area contributed by atoms with Crippen molar-refractivity contribution in [3.05, 3.63) is 57.6 Å². The molecule has 1 unspecified atom stereocenters. The fourth-order valence-electron chi connectivity index (χ4n) is 3.30. The van der Waals surface area contributed by atoms with E-state index in [1.54, 1.807) is 12.1 Å². The van der Waals surface area contributed by atoms with E-state index in [1.165, 1.54) is 6.92 Å². The van der Waals surface area contributed by atoms with Crippen molar-refractivity contribution in [2.24, 2.45) is 0 Å². The Morgan fingerprint density at radius 3 is 2.54 bits per heavy atom. The summed E-state index contributed by atoms with van der Waals surface area (Å²) in [5, 5.41) is 2.48. The third kappa shape index (κ3) is 2.99. The molecule has 2 aromatic carbocycles. The van der Waals surface area contributed by atoms with Crippen LogP contribution >= 0.6 is 15.9 Å². The number of carbonyl (C=O) groups excluding carboxylic acids is 2. The van der Waals surface area contributed by atoms with Crippen LogP contribution in [0.3, 0.4) is 0 Å². The highest BCUT2D eigenvalue weighted by Gasteiger charge is 2.50. The number of imide groups is 1. The van der Waals surface area contributed by atoms with Crippen molar-refractivity contribution >= 4 is 27.9 Å². The largest absolute Gasteiger partial charge is 0.486 e. The van der Waals surface area contributed by atoms with E-state index >= 15 is 0 Å². The number of nitrogens with zero attached hydrogens (tertiary/aromatic N) is 1. The summed E-state index contributed by atoms with van der Waals surface area (Å²) in [4.78, 5) is 26.4. The Morgan fingerprint density at radius 2 is 1.82 bits per heavy atom. The van der Waals surface area contributed by atoms with E-state index in [9.17, 15) is 18.4 Å². The Hall–Kier alpha value is -2.68. The number of hydrogen-bond donors (Lipinski definition) is 1. The number of halogens is 3. The molecule has 0 aromatic heterocycles. The Labute approximate surface area is 167 Å². The smallest absolute Gasteiger partial charge is 0.325 e. The maximum absolute atomic E-state index is 14.2. The summed E-state index contributed by atoms with van der Waals surface area (Å²) in [5.74, 6) is -1.09. The van der Waals surface area contributed by atoms with Crippen LogP contribution in [0.1, 0.15) is 18.1 Å². The molecule has 2 aliphatic heterocycles. The Bertz CT molecular complexity index is 1000. The fourth-order valence-corrected chi connectivity index (χ4v) is 3.75. The Kier molecular flexibility index (Phi) is 4.49. The van der Waals surface area contributed by atoms with Gasteiger partial charge in [-0.3, -0.25) is 9.69 Å². The summed E-state index contributed by atoms with van der Waals surface area (Å²) in [6.07, 6.45) is 0. The fraction of sp³-hybridized carbons (Fsp3) is 0.263. The second-order valence-corrected chi connectivity index (χ2v) is 7.51. The highest BCUT2D eigenvalue weighted by Crippen LogP contribution is 2.37. The van der Waals surface area contributed by atoms with Crippen molar-refractivity contribution in [1.29, 1.82) is 0 Å². The predicted octanol–water partition coefficient (Wildman–Crippen LogP) is 3.47. The van der Waals surface area contributed by atoms with Gasteiger partial charge in [-0.15, -0.1) is 0 Å². The molecule has 2 heterocycles. The maximum Gasteiger partial charge on any atom is 0.325 e. The standard InChI is InChI=1S/C19H15BrF2N2O4/c1-19(12-7-11(21)2-3-14(12)22)17(25)24(18(26)23-19)9-10-6-15-16(8-13(10)20)28-5-4-27-15/h2-3,6-8H,4-5,9H2,1H3,(H,23,26). The molecule has 1 fully saturated rings. The van der Waals surface area contributed by atoms with Gasteiger partial charge >= 0.3 is 6.03 Å². The maximum atomic E-state index is 14.2. The van der Waals surface area contributed by atoms with Gasteiger partial charge in [0.05, 0.1) is 6.54 Å². The van der Waals surface area contributed by atoms with Crippen LogP contribution in [-0.2, 0) is 16.9 Å². The van der Waals surface area contributed by atoms with E-state index in [1.807, 2.05) is 0 Å². The summed E-state index contributed by atoms with van der Waals surface area (Å²) in [6.45, 7) is 2.11. The molecule has 1 saturated heterocycles. The number of amides is 3. The Morgan fingerprint density at radius 1 is 1.14 bits per heavy atom. The predicted molar refractivity (Wildman–Crippen MR) is 97.9 cm³/mol. The number of urea groups is 1. The summed E-state index contributed by atoms with van der Waals surface area (Å²) in [7, 11) is 0. The molecule has 3 amide bonds. The number of benzene rings is 2. The van der Waals surface area contributed by atoms with Crippen LogP contribution in [0.5, 0.6) is 11.5 Å². The first-order valence-electron chi connectivity index (χ1n) is 8.47.